The van der Waals surface area contributed by atoms with Gasteiger partial charge in [0.1, 0.15) is 5.52 Å². The first-order valence-electron chi connectivity index (χ1n) is 11.0. The predicted molar refractivity (Wildman–Crippen MR) is 123 cm³/mol. The monoisotopic (exact) mass is 404 g/mol. The molecule has 4 aromatic rings. The molecule has 0 saturated heterocycles. The summed E-state index contributed by atoms with van der Waals surface area (Å²) < 4.78 is 12.3. The fraction of sp³-hybridized carbons (Fsp3) is 0.462. The molecule has 0 atom stereocenters. The Morgan fingerprint density at radius 1 is 1.00 bits per heavy atom. The molecular weight excluding hydrogens is 372 g/mol. The molecule has 2 aromatic heterocycles. The van der Waals surface area contributed by atoms with Crippen LogP contribution in [0.5, 0.6) is 0 Å². The molecule has 0 spiro atoms. The van der Waals surface area contributed by atoms with Crippen molar-refractivity contribution in [1.82, 2.24) is 10.1 Å². The lowest BCUT2D eigenvalue weighted by Crippen LogP contribution is -2.12. The number of aryl methyl sites for hydroxylation is 1. The predicted octanol–water partition coefficient (Wildman–Crippen LogP) is 7.74. The van der Waals surface area contributed by atoms with Crippen LogP contribution in [0.25, 0.3) is 33.5 Å². The third-order valence-electron chi connectivity index (χ3n) is 5.96. The molecule has 2 aromatic carbocycles. The maximum atomic E-state index is 6.50. The first-order chi connectivity index (χ1) is 14.1. The van der Waals surface area contributed by atoms with Crippen LogP contribution in [0.3, 0.4) is 0 Å². The molecule has 2 heterocycles. The van der Waals surface area contributed by atoms with E-state index in [1.165, 1.54) is 16.7 Å². The summed E-state index contributed by atoms with van der Waals surface area (Å²) in [6.07, 6.45) is 2.76. The minimum Gasteiger partial charge on any atom is -0.436 e. The molecule has 0 aliphatic rings. The van der Waals surface area contributed by atoms with Gasteiger partial charge in [-0.3, -0.25) is 0 Å². The standard InChI is InChI=1S/C26H32N2O2/c1-9-16-10-11-17(14(2)3)24-22(16)28-25(29-24)18-12-20(26(6,7)8)19-13-27-30-23(19)21(18)15(4)5/h10-15H,9H2,1-8H3. The Hall–Kier alpha value is -2.62. The Bertz CT molecular complexity index is 1220. The smallest absolute Gasteiger partial charge is 0.227 e. The zero-order chi connectivity index (χ0) is 21.8. The van der Waals surface area contributed by atoms with Gasteiger partial charge >= 0.3 is 0 Å². The van der Waals surface area contributed by atoms with Crippen molar-refractivity contribution in [2.45, 2.75) is 79.1 Å². The van der Waals surface area contributed by atoms with Crippen molar-refractivity contribution in [3.63, 3.8) is 0 Å². The number of hydrogen-bond acceptors (Lipinski definition) is 4. The Labute approximate surface area is 178 Å². The number of fused-ring (bicyclic) bond motifs is 2. The van der Waals surface area contributed by atoms with Gasteiger partial charge in [0.25, 0.3) is 0 Å². The lowest BCUT2D eigenvalue weighted by molar-refractivity contribution is 0.452. The first kappa shape index (κ1) is 20.6. The minimum atomic E-state index is -0.0578. The fourth-order valence-electron chi connectivity index (χ4n) is 4.35. The number of oxazole rings is 1. The molecule has 4 nitrogen and oxygen atoms in total. The van der Waals surface area contributed by atoms with Gasteiger partial charge in [0.2, 0.25) is 5.89 Å². The van der Waals surface area contributed by atoms with Crippen molar-refractivity contribution in [3.05, 3.63) is 46.6 Å². The SMILES string of the molecule is CCc1ccc(C(C)C)c2oc(-c3cc(C(C)(C)C)c4cnoc4c3C(C)C)nc12. The molecule has 30 heavy (non-hydrogen) atoms. The van der Waals surface area contributed by atoms with Gasteiger partial charge in [-0.2, -0.15) is 0 Å². The van der Waals surface area contributed by atoms with Crippen LogP contribution < -0.4 is 0 Å². The van der Waals surface area contributed by atoms with Crippen LogP contribution in [0.1, 0.15) is 89.5 Å². The zero-order valence-electron chi connectivity index (χ0n) is 19.4. The van der Waals surface area contributed by atoms with Crippen LogP contribution in [0, 0.1) is 0 Å². The molecule has 158 valence electrons. The highest BCUT2D eigenvalue weighted by atomic mass is 16.5. The largest absolute Gasteiger partial charge is 0.436 e. The Morgan fingerprint density at radius 2 is 1.73 bits per heavy atom. The van der Waals surface area contributed by atoms with E-state index in [1.807, 2.05) is 6.20 Å². The Kier molecular flexibility index (Phi) is 5.00. The lowest BCUT2D eigenvalue weighted by Gasteiger charge is -2.22. The molecule has 4 rings (SSSR count). The summed E-state index contributed by atoms with van der Waals surface area (Å²) in [6.45, 7) is 17.6. The quantitative estimate of drug-likeness (QED) is 0.349. The molecular formula is C26H32N2O2. The van der Waals surface area contributed by atoms with Gasteiger partial charge < -0.3 is 8.94 Å². The normalized spacial score (nSPS) is 12.7. The second-order valence-electron chi connectivity index (χ2n) is 9.88. The second kappa shape index (κ2) is 7.26. The Morgan fingerprint density at radius 3 is 2.33 bits per heavy atom. The topological polar surface area (TPSA) is 52.1 Å². The van der Waals surface area contributed by atoms with Crippen LogP contribution in [-0.4, -0.2) is 10.1 Å². The van der Waals surface area contributed by atoms with Crippen LogP contribution >= 0.6 is 0 Å². The number of nitrogens with zero attached hydrogens (tertiary/aromatic N) is 2. The highest BCUT2D eigenvalue weighted by Gasteiger charge is 2.27. The van der Waals surface area contributed by atoms with E-state index in [0.29, 0.717) is 11.8 Å². The number of aromatic nitrogens is 2. The van der Waals surface area contributed by atoms with Gasteiger partial charge in [0.05, 0.1) is 6.20 Å². The van der Waals surface area contributed by atoms with Gasteiger partial charge in [-0.25, -0.2) is 4.98 Å². The van der Waals surface area contributed by atoms with Gasteiger partial charge in [0.15, 0.2) is 11.2 Å². The molecule has 0 aliphatic carbocycles. The van der Waals surface area contributed by atoms with Gasteiger partial charge in [-0.05, 0) is 46.4 Å². The number of hydrogen-bond donors (Lipinski definition) is 0. The maximum absolute atomic E-state index is 6.50. The van der Waals surface area contributed by atoms with Crippen molar-refractivity contribution in [3.8, 4) is 11.5 Å². The first-order valence-corrected chi connectivity index (χ1v) is 11.0. The molecule has 0 N–H and O–H groups in total. The molecule has 0 radical (unpaired) electrons. The third kappa shape index (κ3) is 3.23. The average Bonchev–Trinajstić information content (AvgIpc) is 3.31. The molecule has 4 heteroatoms. The van der Waals surface area contributed by atoms with E-state index in [9.17, 15) is 0 Å². The third-order valence-corrected chi connectivity index (χ3v) is 5.96. The highest BCUT2D eigenvalue weighted by molar-refractivity contribution is 5.91. The average molecular weight is 405 g/mol. The van der Waals surface area contributed by atoms with Gasteiger partial charge in [-0.1, -0.05) is 72.7 Å². The second-order valence-corrected chi connectivity index (χ2v) is 9.88. The highest BCUT2D eigenvalue weighted by Crippen LogP contribution is 2.42. The summed E-state index contributed by atoms with van der Waals surface area (Å²) in [7, 11) is 0. The lowest BCUT2D eigenvalue weighted by atomic mass is 9.81. The van der Waals surface area contributed by atoms with Gasteiger partial charge in [0, 0.05) is 16.5 Å². The summed E-state index contributed by atoms with van der Waals surface area (Å²) in [5.74, 6) is 1.28. The van der Waals surface area contributed by atoms with E-state index in [4.69, 9.17) is 13.9 Å². The van der Waals surface area contributed by atoms with E-state index in [-0.39, 0.29) is 11.3 Å². The maximum Gasteiger partial charge on any atom is 0.227 e. The van der Waals surface area contributed by atoms with Crippen LogP contribution in [0.4, 0.5) is 0 Å². The van der Waals surface area contributed by atoms with E-state index < -0.39 is 0 Å². The molecule has 0 fully saturated rings. The summed E-state index contributed by atoms with van der Waals surface area (Å²) >= 11 is 0. The van der Waals surface area contributed by atoms with E-state index >= 15 is 0 Å². The fourth-order valence-corrected chi connectivity index (χ4v) is 4.35. The van der Waals surface area contributed by atoms with Crippen molar-refractivity contribution >= 4 is 22.1 Å². The van der Waals surface area contributed by atoms with Crippen molar-refractivity contribution in [2.24, 2.45) is 0 Å². The zero-order valence-corrected chi connectivity index (χ0v) is 19.4. The molecule has 0 bridgehead atoms. The minimum absolute atomic E-state index is 0.0578. The summed E-state index contributed by atoms with van der Waals surface area (Å²) in [5, 5.41) is 5.21. The van der Waals surface area contributed by atoms with E-state index in [0.717, 1.165) is 39.6 Å². The molecule has 0 aliphatic heterocycles. The van der Waals surface area contributed by atoms with E-state index in [2.05, 4.69) is 78.7 Å². The van der Waals surface area contributed by atoms with Crippen molar-refractivity contribution in [1.29, 1.82) is 0 Å². The molecule has 0 saturated carbocycles. The molecule has 0 amide bonds. The number of benzene rings is 2. The summed E-state index contributed by atoms with van der Waals surface area (Å²) in [4.78, 5) is 5.03. The van der Waals surface area contributed by atoms with Crippen LogP contribution in [0.2, 0.25) is 0 Å². The summed E-state index contributed by atoms with van der Waals surface area (Å²) in [6, 6.07) is 6.61. The Balaban J connectivity index is 2.09. The van der Waals surface area contributed by atoms with Crippen molar-refractivity contribution in [2.75, 3.05) is 0 Å². The van der Waals surface area contributed by atoms with E-state index in [1.54, 1.807) is 0 Å². The van der Waals surface area contributed by atoms with Crippen LogP contribution in [-0.2, 0) is 11.8 Å². The summed E-state index contributed by atoms with van der Waals surface area (Å²) in [5.41, 5.74) is 8.38. The van der Waals surface area contributed by atoms with Gasteiger partial charge in [-0.15, -0.1) is 0 Å². The van der Waals surface area contributed by atoms with Crippen molar-refractivity contribution < 1.29 is 8.94 Å². The van der Waals surface area contributed by atoms with Crippen LogP contribution in [0.15, 0.2) is 33.3 Å². The molecule has 0 unspecified atom stereocenters. The number of rotatable bonds is 4.